The number of pyridine rings is 1. The average molecular weight is 244 g/mol. The summed E-state index contributed by atoms with van der Waals surface area (Å²) in [5.74, 6) is -0.281. The quantitative estimate of drug-likeness (QED) is 0.897. The van der Waals surface area contributed by atoms with Crippen molar-refractivity contribution in [3.63, 3.8) is 0 Å². The summed E-state index contributed by atoms with van der Waals surface area (Å²) in [5, 5.41) is 3.13. The van der Waals surface area contributed by atoms with Crippen LogP contribution in [0, 0.1) is 19.7 Å². The molecular weight excluding hydrogens is 227 g/mol. The second kappa shape index (κ2) is 5.27. The maximum atomic E-state index is 13.8. The SMILES string of the molecule is CNC(c1ccc(C)cc1C)c1ncccc1F. The van der Waals surface area contributed by atoms with Crippen LogP contribution in [0.25, 0.3) is 0 Å². The Kier molecular flexibility index (Phi) is 3.72. The smallest absolute Gasteiger partial charge is 0.146 e. The van der Waals surface area contributed by atoms with Gasteiger partial charge in [0.15, 0.2) is 0 Å². The number of nitrogens with one attached hydrogen (secondary N) is 1. The molecule has 1 aromatic carbocycles. The average Bonchev–Trinajstić information content (AvgIpc) is 2.34. The number of hydrogen-bond donors (Lipinski definition) is 1. The minimum atomic E-state index is -0.281. The van der Waals surface area contributed by atoms with Crippen LogP contribution in [0.5, 0.6) is 0 Å². The molecule has 0 fully saturated rings. The van der Waals surface area contributed by atoms with Crippen molar-refractivity contribution in [2.75, 3.05) is 7.05 Å². The molecule has 2 aromatic rings. The van der Waals surface area contributed by atoms with Crippen LogP contribution in [0.1, 0.15) is 28.4 Å². The first-order valence-corrected chi connectivity index (χ1v) is 5.98. The van der Waals surface area contributed by atoms with E-state index in [4.69, 9.17) is 0 Å². The molecule has 0 aliphatic rings. The van der Waals surface area contributed by atoms with Gasteiger partial charge < -0.3 is 5.32 Å². The highest BCUT2D eigenvalue weighted by atomic mass is 19.1. The Morgan fingerprint density at radius 2 is 2.00 bits per heavy atom. The molecule has 18 heavy (non-hydrogen) atoms. The Hall–Kier alpha value is -1.74. The van der Waals surface area contributed by atoms with Crippen LogP contribution in [0.4, 0.5) is 4.39 Å². The van der Waals surface area contributed by atoms with Gasteiger partial charge in [0.1, 0.15) is 5.82 Å². The van der Waals surface area contributed by atoms with E-state index in [9.17, 15) is 4.39 Å². The fourth-order valence-electron chi connectivity index (χ4n) is 2.20. The fourth-order valence-corrected chi connectivity index (χ4v) is 2.20. The molecule has 1 aromatic heterocycles. The van der Waals surface area contributed by atoms with Crippen LogP contribution in [-0.4, -0.2) is 12.0 Å². The van der Waals surface area contributed by atoms with E-state index in [1.807, 2.05) is 33.0 Å². The Morgan fingerprint density at radius 3 is 2.61 bits per heavy atom. The molecule has 1 unspecified atom stereocenters. The Bertz CT molecular complexity index is 552. The third-order valence-corrected chi connectivity index (χ3v) is 3.09. The zero-order valence-electron chi connectivity index (χ0n) is 10.9. The number of hydrogen-bond acceptors (Lipinski definition) is 2. The van der Waals surface area contributed by atoms with Crippen molar-refractivity contribution in [3.8, 4) is 0 Å². The second-order valence-electron chi connectivity index (χ2n) is 4.45. The number of benzene rings is 1. The summed E-state index contributed by atoms with van der Waals surface area (Å²) in [7, 11) is 1.82. The standard InChI is InChI=1S/C15H17FN2/c1-10-6-7-12(11(2)9-10)14(17-3)15-13(16)5-4-8-18-15/h4-9,14,17H,1-3H3. The summed E-state index contributed by atoms with van der Waals surface area (Å²) >= 11 is 0. The third kappa shape index (κ3) is 2.41. The number of nitrogens with zero attached hydrogens (tertiary/aromatic N) is 1. The molecule has 0 saturated heterocycles. The van der Waals surface area contributed by atoms with Crippen LogP contribution >= 0.6 is 0 Å². The summed E-state index contributed by atoms with van der Waals surface area (Å²) in [6, 6.07) is 8.99. The van der Waals surface area contributed by atoms with Crippen molar-refractivity contribution in [2.45, 2.75) is 19.9 Å². The van der Waals surface area contributed by atoms with Crippen LogP contribution in [0.2, 0.25) is 0 Å². The minimum Gasteiger partial charge on any atom is -0.308 e. The Morgan fingerprint density at radius 1 is 1.22 bits per heavy atom. The van der Waals surface area contributed by atoms with Gasteiger partial charge in [-0.25, -0.2) is 4.39 Å². The molecule has 0 aliphatic carbocycles. The number of aryl methyl sites for hydroxylation is 2. The largest absolute Gasteiger partial charge is 0.308 e. The number of halogens is 1. The number of aromatic nitrogens is 1. The Labute approximate surface area is 107 Å². The zero-order valence-corrected chi connectivity index (χ0v) is 10.9. The fraction of sp³-hybridized carbons (Fsp3) is 0.267. The van der Waals surface area contributed by atoms with E-state index in [1.54, 1.807) is 12.3 Å². The van der Waals surface area contributed by atoms with E-state index in [2.05, 4.69) is 16.4 Å². The molecule has 1 N–H and O–H groups in total. The molecule has 0 aliphatic heterocycles. The first-order valence-electron chi connectivity index (χ1n) is 5.98. The summed E-state index contributed by atoms with van der Waals surface area (Å²) < 4.78 is 13.8. The van der Waals surface area contributed by atoms with Crippen molar-refractivity contribution in [3.05, 3.63) is 64.7 Å². The van der Waals surface area contributed by atoms with Crippen molar-refractivity contribution in [1.82, 2.24) is 10.3 Å². The predicted molar refractivity (Wildman–Crippen MR) is 71.0 cm³/mol. The highest BCUT2D eigenvalue weighted by Gasteiger charge is 2.18. The summed E-state index contributed by atoms with van der Waals surface area (Å²) in [4.78, 5) is 4.15. The van der Waals surface area contributed by atoms with Crippen LogP contribution in [0.15, 0.2) is 36.5 Å². The summed E-state index contributed by atoms with van der Waals surface area (Å²) in [6.45, 7) is 4.08. The van der Waals surface area contributed by atoms with E-state index < -0.39 is 0 Å². The second-order valence-corrected chi connectivity index (χ2v) is 4.45. The maximum Gasteiger partial charge on any atom is 0.146 e. The van der Waals surface area contributed by atoms with Gasteiger partial charge in [-0.05, 0) is 44.2 Å². The molecule has 0 spiro atoms. The van der Waals surface area contributed by atoms with E-state index >= 15 is 0 Å². The Balaban J connectivity index is 2.49. The normalized spacial score (nSPS) is 12.4. The summed E-state index contributed by atoms with van der Waals surface area (Å²) in [5.41, 5.74) is 3.83. The van der Waals surface area contributed by atoms with E-state index in [1.165, 1.54) is 11.6 Å². The first-order chi connectivity index (χ1) is 8.63. The molecule has 0 bridgehead atoms. The predicted octanol–water partition coefficient (Wildman–Crippen LogP) is 3.15. The van der Waals surface area contributed by atoms with Crippen LogP contribution in [0.3, 0.4) is 0 Å². The van der Waals surface area contributed by atoms with Crippen LogP contribution in [-0.2, 0) is 0 Å². The van der Waals surface area contributed by atoms with Gasteiger partial charge in [-0.15, -0.1) is 0 Å². The monoisotopic (exact) mass is 244 g/mol. The number of rotatable bonds is 3. The molecule has 0 radical (unpaired) electrons. The van der Waals surface area contributed by atoms with Crippen molar-refractivity contribution in [1.29, 1.82) is 0 Å². The molecule has 94 valence electrons. The molecule has 3 heteroatoms. The molecule has 0 saturated carbocycles. The highest BCUT2D eigenvalue weighted by Crippen LogP contribution is 2.25. The van der Waals surface area contributed by atoms with Crippen LogP contribution < -0.4 is 5.32 Å². The van der Waals surface area contributed by atoms with E-state index in [0.29, 0.717) is 5.69 Å². The van der Waals surface area contributed by atoms with Crippen molar-refractivity contribution in [2.24, 2.45) is 0 Å². The van der Waals surface area contributed by atoms with Crippen molar-refractivity contribution >= 4 is 0 Å². The summed E-state index contributed by atoms with van der Waals surface area (Å²) in [6.07, 6.45) is 1.62. The van der Waals surface area contributed by atoms with Gasteiger partial charge in [0.05, 0.1) is 11.7 Å². The first kappa shape index (κ1) is 12.7. The lowest BCUT2D eigenvalue weighted by Gasteiger charge is -2.19. The zero-order chi connectivity index (χ0) is 13.1. The van der Waals surface area contributed by atoms with Gasteiger partial charge in [0, 0.05) is 6.20 Å². The highest BCUT2D eigenvalue weighted by molar-refractivity contribution is 5.37. The van der Waals surface area contributed by atoms with E-state index in [-0.39, 0.29) is 11.9 Å². The van der Waals surface area contributed by atoms with Gasteiger partial charge in [-0.1, -0.05) is 23.8 Å². The minimum absolute atomic E-state index is 0.216. The van der Waals surface area contributed by atoms with E-state index in [0.717, 1.165) is 11.1 Å². The van der Waals surface area contributed by atoms with Gasteiger partial charge in [-0.2, -0.15) is 0 Å². The lowest BCUT2D eigenvalue weighted by molar-refractivity contribution is 0.559. The van der Waals surface area contributed by atoms with Gasteiger partial charge in [0.2, 0.25) is 0 Å². The molecule has 2 nitrogen and oxygen atoms in total. The van der Waals surface area contributed by atoms with Crippen molar-refractivity contribution < 1.29 is 4.39 Å². The molecule has 2 rings (SSSR count). The lowest BCUT2D eigenvalue weighted by Crippen LogP contribution is -2.21. The molecule has 1 atom stereocenters. The third-order valence-electron chi connectivity index (χ3n) is 3.09. The topological polar surface area (TPSA) is 24.9 Å². The molecule has 0 amide bonds. The van der Waals surface area contributed by atoms with Gasteiger partial charge in [-0.3, -0.25) is 4.98 Å². The van der Waals surface area contributed by atoms with Gasteiger partial charge >= 0.3 is 0 Å². The lowest BCUT2D eigenvalue weighted by atomic mass is 9.96. The molecular formula is C15H17FN2. The molecule has 1 heterocycles. The van der Waals surface area contributed by atoms with Gasteiger partial charge in [0.25, 0.3) is 0 Å². The maximum absolute atomic E-state index is 13.8.